The molecule has 0 bridgehead atoms. The fraction of sp³-hybridized carbons (Fsp3) is 0.676. The number of hydrogen-bond acceptors (Lipinski definition) is 10. The van der Waals surface area contributed by atoms with Crippen molar-refractivity contribution in [1.82, 2.24) is 36.8 Å². The zero-order chi connectivity index (χ0) is 42.9. The third kappa shape index (κ3) is 15.8. The number of rotatable bonds is 23. The van der Waals surface area contributed by atoms with Crippen LogP contribution in [0.15, 0.2) is 12.7 Å². The maximum atomic E-state index is 14.1. The number of ketones is 1. The van der Waals surface area contributed by atoms with E-state index in [2.05, 4.69) is 38.5 Å². The fourth-order valence-corrected chi connectivity index (χ4v) is 5.98. The highest BCUT2D eigenvalue weighted by Crippen LogP contribution is 2.23. The van der Waals surface area contributed by atoms with Crippen LogP contribution in [0.2, 0.25) is 0 Å². The second kappa shape index (κ2) is 22.9. The molecule has 0 spiro atoms. The molecule has 56 heavy (non-hydrogen) atoms. The molecule has 1 rings (SSSR count). The number of likely N-dealkylation sites (tertiary alicyclic amines) is 1. The van der Waals surface area contributed by atoms with Crippen molar-refractivity contribution in [2.45, 2.75) is 136 Å². The number of aliphatic carboxylic acids is 2. The van der Waals surface area contributed by atoms with Gasteiger partial charge in [-0.2, -0.15) is 0 Å². The van der Waals surface area contributed by atoms with Gasteiger partial charge in [-0.25, -0.2) is 0 Å². The molecular formula is C37H59N7O12. The summed E-state index contributed by atoms with van der Waals surface area (Å²) in [5, 5.41) is 33.4. The normalized spacial score (nSPS) is 16.6. The summed E-state index contributed by atoms with van der Waals surface area (Å²) in [6, 6.07) is -7.56. The van der Waals surface area contributed by atoms with E-state index in [4.69, 9.17) is 5.11 Å². The third-order valence-electron chi connectivity index (χ3n) is 8.95. The molecule has 0 aromatic heterocycles. The molecule has 0 radical (unpaired) electrons. The molecule has 0 aromatic carbocycles. The van der Waals surface area contributed by atoms with Crippen LogP contribution in [-0.4, -0.2) is 124 Å². The number of carboxylic acid groups (broad SMARTS) is 2. The van der Waals surface area contributed by atoms with Gasteiger partial charge in [0.25, 0.3) is 5.91 Å². The summed E-state index contributed by atoms with van der Waals surface area (Å²) in [5.41, 5.74) is -1.01. The molecule has 8 N–H and O–H groups in total. The molecule has 19 heteroatoms. The molecule has 1 fully saturated rings. The number of nitrogens with zero attached hydrogens (tertiary/aromatic N) is 1. The topological polar surface area (TPSA) is 287 Å². The summed E-state index contributed by atoms with van der Waals surface area (Å²) in [7, 11) is 0. The van der Waals surface area contributed by atoms with Gasteiger partial charge in [-0.1, -0.05) is 54.0 Å². The van der Waals surface area contributed by atoms with E-state index in [0.717, 1.165) is 6.92 Å². The van der Waals surface area contributed by atoms with Gasteiger partial charge in [-0.15, -0.1) is 6.58 Å². The van der Waals surface area contributed by atoms with Crippen molar-refractivity contribution < 1.29 is 58.2 Å². The molecule has 1 heterocycles. The summed E-state index contributed by atoms with van der Waals surface area (Å²) in [6.45, 7) is 14.8. The molecule has 6 atom stereocenters. The minimum absolute atomic E-state index is 0.0583. The molecule has 0 saturated carbocycles. The average Bonchev–Trinajstić information content (AvgIpc) is 3.60. The third-order valence-corrected chi connectivity index (χ3v) is 8.95. The van der Waals surface area contributed by atoms with Gasteiger partial charge in [0.15, 0.2) is 0 Å². The maximum absolute atomic E-state index is 14.1. The quantitative estimate of drug-likeness (QED) is 0.0481. The smallest absolute Gasteiger partial charge is 0.303 e. The number of nitrogens with one attached hydrogen (secondary N) is 6. The first kappa shape index (κ1) is 48.7. The van der Waals surface area contributed by atoms with Gasteiger partial charge in [0, 0.05) is 32.9 Å². The van der Waals surface area contributed by atoms with Gasteiger partial charge in [0.2, 0.25) is 41.2 Å². The van der Waals surface area contributed by atoms with Crippen molar-refractivity contribution in [2.24, 2.45) is 11.3 Å². The van der Waals surface area contributed by atoms with E-state index in [1.54, 1.807) is 41.5 Å². The first-order valence-electron chi connectivity index (χ1n) is 18.7. The van der Waals surface area contributed by atoms with Gasteiger partial charge < -0.3 is 47.0 Å². The lowest BCUT2D eigenvalue weighted by Crippen LogP contribution is -2.62. The Morgan fingerprint density at radius 3 is 1.82 bits per heavy atom. The van der Waals surface area contributed by atoms with E-state index in [9.17, 15) is 53.1 Å². The predicted octanol–water partition coefficient (Wildman–Crippen LogP) is -0.476. The van der Waals surface area contributed by atoms with Crippen LogP contribution in [0, 0.1) is 11.3 Å². The Balaban J connectivity index is 3.30. The van der Waals surface area contributed by atoms with Crippen molar-refractivity contribution in [3.63, 3.8) is 0 Å². The van der Waals surface area contributed by atoms with Crippen LogP contribution in [0.1, 0.15) is 99.8 Å². The summed E-state index contributed by atoms with van der Waals surface area (Å²) < 4.78 is 0. The Kier molecular flexibility index (Phi) is 19.9. The predicted molar refractivity (Wildman–Crippen MR) is 201 cm³/mol. The van der Waals surface area contributed by atoms with Gasteiger partial charge in [0.05, 0.1) is 6.04 Å². The lowest BCUT2D eigenvalue weighted by molar-refractivity contribution is -0.144. The van der Waals surface area contributed by atoms with Crippen LogP contribution >= 0.6 is 0 Å². The first-order valence-corrected chi connectivity index (χ1v) is 18.7. The molecule has 7 amide bonds. The monoisotopic (exact) mass is 793 g/mol. The van der Waals surface area contributed by atoms with Gasteiger partial charge in [-0.05, 0) is 43.4 Å². The first-order chi connectivity index (χ1) is 26.0. The Morgan fingerprint density at radius 1 is 0.786 bits per heavy atom. The van der Waals surface area contributed by atoms with E-state index < -0.39 is 126 Å². The molecule has 314 valence electrons. The number of Topliss-reactive ketones (excluding diaryl/α,β-unsaturated/α-hetero) is 1. The molecule has 0 aromatic rings. The number of carboxylic acids is 2. The van der Waals surface area contributed by atoms with Crippen molar-refractivity contribution in [2.75, 3.05) is 13.1 Å². The molecular weight excluding hydrogens is 734 g/mol. The minimum Gasteiger partial charge on any atom is -0.481 e. The van der Waals surface area contributed by atoms with Crippen molar-refractivity contribution in [3.8, 4) is 0 Å². The molecule has 6 unspecified atom stereocenters. The van der Waals surface area contributed by atoms with E-state index in [0.29, 0.717) is 12.8 Å². The van der Waals surface area contributed by atoms with E-state index in [1.807, 2.05) is 0 Å². The largest absolute Gasteiger partial charge is 0.481 e. The number of amides is 7. The average molecular weight is 794 g/mol. The number of carbonyl (C=O) groups excluding carboxylic acids is 8. The van der Waals surface area contributed by atoms with E-state index in [1.165, 1.54) is 11.0 Å². The van der Waals surface area contributed by atoms with Crippen LogP contribution in [-0.2, 0) is 47.9 Å². The van der Waals surface area contributed by atoms with Crippen LogP contribution in [0.5, 0.6) is 0 Å². The fourth-order valence-electron chi connectivity index (χ4n) is 5.98. The maximum Gasteiger partial charge on any atom is 0.303 e. The molecule has 1 aliphatic rings. The van der Waals surface area contributed by atoms with Crippen LogP contribution in [0.4, 0.5) is 0 Å². The second-order valence-corrected chi connectivity index (χ2v) is 15.1. The summed E-state index contributed by atoms with van der Waals surface area (Å²) >= 11 is 0. The van der Waals surface area contributed by atoms with Gasteiger partial charge >= 0.3 is 11.9 Å². The summed E-state index contributed by atoms with van der Waals surface area (Å²) in [5.74, 6) is -9.34. The SMILES string of the molecule is C=CCNC(=O)C(=O)C(CCC)NC(=O)C1CCCN1C(=O)C(NC(=O)C(NC(=O)C(CCC(=O)O)NC(=O)C(CCC(=O)O)NC(C)=O)C(C)(C)C)C(C)C. The van der Waals surface area contributed by atoms with Gasteiger partial charge in [0.1, 0.15) is 30.2 Å². The number of carbonyl (C=O) groups is 10. The van der Waals surface area contributed by atoms with E-state index >= 15 is 0 Å². The van der Waals surface area contributed by atoms with Crippen LogP contribution in [0.3, 0.4) is 0 Å². The van der Waals surface area contributed by atoms with Crippen LogP contribution in [0.25, 0.3) is 0 Å². The number of hydrogen-bond donors (Lipinski definition) is 8. The molecule has 1 aliphatic heterocycles. The molecule has 0 aliphatic carbocycles. The standard InChI is InChI=1S/C37H59N7O12/c1-9-12-22(29(50)34(54)38-18-10-2)40-33(53)25-13-11-19-44(25)36(56)28(20(3)4)42-35(55)30(37(6,7)8)43-32(52)24(15-17-27(48)49)41-31(51)23(39-21(5)45)14-16-26(46)47/h10,20,22-25,28,30H,2,9,11-19H2,1,3-8H3,(H,38,54)(H,39,45)(H,40,53)(H,41,51)(H,42,55)(H,43,52)(H,46,47)(H,48,49). The van der Waals surface area contributed by atoms with Crippen molar-refractivity contribution in [1.29, 1.82) is 0 Å². The van der Waals surface area contributed by atoms with Crippen molar-refractivity contribution >= 4 is 59.1 Å². The Hall–Kier alpha value is -5.36. The van der Waals surface area contributed by atoms with Gasteiger partial charge in [-0.3, -0.25) is 47.9 Å². The van der Waals surface area contributed by atoms with E-state index in [-0.39, 0.29) is 32.4 Å². The Labute approximate surface area is 326 Å². The Morgan fingerprint density at radius 2 is 1.34 bits per heavy atom. The highest BCUT2D eigenvalue weighted by molar-refractivity contribution is 6.38. The lowest BCUT2D eigenvalue weighted by atomic mass is 9.85. The summed E-state index contributed by atoms with van der Waals surface area (Å²) in [6.07, 6.45) is 0.942. The lowest BCUT2D eigenvalue weighted by Gasteiger charge is -2.35. The second-order valence-electron chi connectivity index (χ2n) is 15.1. The highest BCUT2D eigenvalue weighted by Gasteiger charge is 2.42. The van der Waals surface area contributed by atoms with Crippen molar-refractivity contribution in [3.05, 3.63) is 12.7 Å². The Bertz CT molecular complexity index is 1490. The summed E-state index contributed by atoms with van der Waals surface area (Å²) in [4.78, 5) is 129. The zero-order valence-electron chi connectivity index (χ0n) is 33.3. The molecule has 1 saturated heterocycles. The van der Waals surface area contributed by atoms with Crippen LogP contribution < -0.4 is 31.9 Å². The zero-order valence-corrected chi connectivity index (χ0v) is 33.3. The minimum atomic E-state index is -1.53. The highest BCUT2D eigenvalue weighted by atomic mass is 16.4. The molecule has 19 nitrogen and oxygen atoms in total.